The van der Waals surface area contributed by atoms with Crippen molar-refractivity contribution in [2.75, 3.05) is 0 Å². The Labute approximate surface area is 193 Å². The zero-order valence-corrected chi connectivity index (χ0v) is 19.4. The fourth-order valence-corrected chi connectivity index (χ4v) is 5.02. The molecule has 1 aliphatic rings. The fourth-order valence-electron chi connectivity index (χ4n) is 3.78. The molecule has 1 amide bonds. The van der Waals surface area contributed by atoms with E-state index in [1.807, 2.05) is 55.1 Å². The van der Waals surface area contributed by atoms with Crippen molar-refractivity contribution in [3.63, 3.8) is 0 Å². The molecule has 0 fully saturated rings. The number of hydrogen-bond donors (Lipinski definition) is 2. The van der Waals surface area contributed by atoms with Gasteiger partial charge in [-0.05, 0) is 35.2 Å². The van der Waals surface area contributed by atoms with E-state index in [1.54, 1.807) is 24.4 Å². The molecule has 172 valence electrons. The summed E-state index contributed by atoms with van der Waals surface area (Å²) in [5.74, 6) is -0.103. The van der Waals surface area contributed by atoms with Gasteiger partial charge in [0.25, 0.3) is 10.0 Å². The summed E-state index contributed by atoms with van der Waals surface area (Å²) in [6, 6.07) is 15.7. The van der Waals surface area contributed by atoms with E-state index in [2.05, 4.69) is 20.1 Å². The van der Waals surface area contributed by atoms with Gasteiger partial charge in [-0.25, -0.2) is 8.42 Å². The summed E-state index contributed by atoms with van der Waals surface area (Å²) in [5.41, 5.74) is 2.54. The average molecular weight is 466 g/mol. The van der Waals surface area contributed by atoms with Gasteiger partial charge >= 0.3 is 0 Å². The first-order valence-electron chi connectivity index (χ1n) is 10.9. The monoisotopic (exact) mass is 465 g/mol. The number of aliphatic imine (C=N–C) groups is 1. The van der Waals surface area contributed by atoms with E-state index < -0.39 is 16.1 Å². The van der Waals surface area contributed by atoms with E-state index in [0.717, 1.165) is 17.5 Å². The number of benzene rings is 2. The molecule has 0 unspecified atom stereocenters. The number of sulfonamides is 1. The molecule has 0 bridgehead atoms. The Morgan fingerprint density at radius 1 is 1.12 bits per heavy atom. The number of amides is 1. The molecule has 9 heteroatoms. The van der Waals surface area contributed by atoms with Crippen LogP contribution in [0.3, 0.4) is 0 Å². The molecule has 2 N–H and O–H groups in total. The van der Waals surface area contributed by atoms with Crippen molar-refractivity contribution in [2.45, 2.75) is 44.3 Å². The molecule has 0 saturated carbocycles. The number of hydrogen-bond acceptors (Lipinski definition) is 5. The van der Waals surface area contributed by atoms with Gasteiger partial charge in [-0.2, -0.15) is 5.10 Å². The van der Waals surface area contributed by atoms with Gasteiger partial charge in [0, 0.05) is 24.5 Å². The lowest BCUT2D eigenvalue weighted by Crippen LogP contribution is -2.39. The van der Waals surface area contributed by atoms with Crippen LogP contribution in [0.4, 0.5) is 0 Å². The van der Waals surface area contributed by atoms with Crippen LogP contribution in [0.5, 0.6) is 0 Å². The van der Waals surface area contributed by atoms with Crippen LogP contribution in [0.1, 0.15) is 37.0 Å². The van der Waals surface area contributed by atoms with Gasteiger partial charge in [-0.1, -0.05) is 56.7 Å². The van der Waals surface area contributed by atoms with Crippen LogP contribution >= 0.6 is 0 Å². The largest absolute Gasteiger partial charge is 0.350 e. The standard InChI is InChI=1S/C24H27N5O3S/c1-3-17(2)22(27-23-20-11-6-7-12-21(20)33(31,32)28-23)24(30)25-15-18-9-4-5-10-19(18)16-29-14-8-13-26-29/h4-14,17,22H,3,15-16H2,1-2H3,(H,25,30)(H,27,28)/t17-,22-/m0/s1. The number of nitrogens with one attached hydrogen (secondary N) is 2. The first-order valence-corrected chi connectivity index (χ1v) is 12.4. The third-order valence-electron chi connectivity index (χ3n) is 5.85. The van der Waals surface area contributed by atoms with Crippen molar-refractivity contribution < 1.29 is 13.2 Å². The van der Waals surface area contributed by atoms with Crippen molar-refractivity contribution in [3.05, 3.63) is 83.7 Å². The second kappa shape index (κ2) is 9.58. The van der Waals surface area contributed by atoms with Gasteiger partial charge in [0.2, 0.25) is 5.91 Å². The summed E-state index contributed by atoms with van der Waals surface area (Å²) in [6.07, 6.45) is 4.35. The molecule has 0 aliphatic carbocycles. The predicted molar refractivity (Wildman–Crippen MR) is 126 cm³/mol. The number of carbonyl (C=O) groups is 1. The lowest BCUT2D eigenvalue weighted by atomic mass is 9.98. The van der Waals surface area contributed by atoms with Gasteiger partial charge in [0.1, 0.15) is 11.9 Å². The Morgan fingerprint density at radius 3 is 2.58 bits per heavy atom. The maximum atomic E-state index is 13.2. The maximum Gasteiger partial charge on any atom is 0.263 e. The van der Waals surface area contributed by atoms with Gasteiger partial charge in [-0.15, -0.1) is 0 Å². The van der Waals surface area contributed by atoms with E-state index in [0.29, 0.717) is 18.7 Å². The first-order chi connectivity index (χ1) is 15.9. The third-order valence-corrected chi connectivity index (χ3v) is 7.24. The van der Waals surface area contributed by atoms with Crippen molar-refractivity contribution in [2.24, 2.45) is 10.9 Å². The molecule has 0 spiro atoms. The van der Waals surface area contributed by atoms with Gasteiger partial charge in [0.15, 0.2) is 0 Å². The molecule has 4 rings (SSSR count). The fraction of sp³-hybridized carbons (Fsp3) is 0.292. The highest BCUT2D eigenvalue weighted by molar-refractivity contribution is 7.90. The minimum atomic E-state index is -3.67. The average Bonchev–Trinajstić information content (AvgIpc) is 3.42. The van der Waals surface area contributed by atoms with E-state index >= 15 is 0 Å². The van der Waals surface area contributed by atoms with Gasteiger partial charge in [-0.3, -0.25) is 19.2 Å². The minimum Gasteiger partial charge on any atom is -0.350 e. The first kappa shape index (κ1) is 22.7. The quantitative estimate of drug-likeness (QED) is 0.534. The summed E-state index contributed by atoms with van der Waals surface area (Å²) in [6.45, 7) is 4.87. The molecule has 2 aromatic carbocycles. The molecular weight excluding hydrogens is 438 g/mol. The predicted octanol–water partition coefficient (Wildman–Crippen LogP) is 2.70. The van der Waals surface area contributed by atoms with E-state index in [-0.39, 0.29) is 22.6 Å². The topological polar surface area (TPSA) is 105 Å². The number of rotatable bonds is 8. The molecule has 0 saturated heterocycles. The van der Waals surface area contributed by atoms with E-state index in [4.69, 9.17) is 0 Å². The summed E-state index contributed by atoms with van der Waals surface area (Å²) in [4.78, 5) is 18.0. The molecule has 1 aromatic heterocycles. The number of aromatic nitrogens is 2. The van der Waals surface area contributed by atoms with Gasteiger partial charge in [0.05, 0.1) is 11.4 Å². The summed E-state index contributed by atoms with van der Waals surface area (Å²) < 4.78 is 29.2. The van der Waals surface area contributed by atoms with Crippen molar-refractivity contribution in [1.29, 1.82) is 0 Å². The van der Waals surface area contributed by atoms with Crippen LogP contribution in [0.15, 0.2) is 76.9 Å². The molecule has 2 heterocycles. The number of nitrogens with zero attached hydrogens (tertiary/aromatic N) is 3. The molecule has 2 atom stereocenters. The lowest BCUT2D eigenvalue weighted by molar-refractivity contribution is -0.123. The molecule has 8 nitrogen and oxygen atoms in total. The van der Waals surface area contributed by atoms with Crippen LogP contribution in [0.25, 0.3) is 0 Å². The summed E-state index contributed by atoms with van der Waals surface area (Å²) in [7, 11) is -3.67. The second-order valence-electron chi connectivity index (χ2n) is 8.10. The molecule has 1 aliphatic heterocycles. The second-order valence-corrected chi connectivity index (χ2v) is 9.75. The van der Waals surface area contributed by atoms with Crippen LogP contribution in [-0.4, -0.2) is 36.0 Å². The lowest BCUT2D eigenvalue weighted by Gasteiger charge is -2.20. The van der Waals surface area contributed by atoms with Crippen molar-refractivity contribution in [1.82, 2.24) is 19.8 Å². The van der Waals surface area contributed by atoms with Crippen LogP contribution in [-0.2, 0) is 27.9 Å². The molecule has 0 radical (unpaired) electrons. The summed E-state index contributed by atoms with van der Waals surface area (Å²) >= 11 is 0. The smallest absolute Gasteiger partial charge is 0.263 e. The van der Waals surface area contributed by atoms with Crippen LogP contribution in [0.2, 0.25) is 0 Å². The highest BCUT2D eigenvalue weighted by Crippen LogP contribution is 2.24. The van der Waals surface area contributed by atoms with Crippen molar-refractivity contribution in [3.8, 4) is 0 Å². The van der Waals surface area contributed by atoms with Crippen molar-refractivity contribution >= 4 is 21.8 Å². The van der Waals surface area contributed by atoms with Gasteiger partial charge < -0.3 is 5.32 Å². The number of carbonyl (C=O) groups excluding carboxylic acids is 1. The zero-order valence-electron chi connectivity index (χ0n) is 18.6. The van der Waals surface area contributed by atoms with E-state index in [1.165, 1.54) is 6.07 Å². The maximum absolute atomic E-state index is 13.2. The molecule has 3 aromatic rings. The Hall–Kier alpha value is -3.46. The number of amidine groups is 1. The third kappa shape index (κ3) is 4.98. The number of fused-ring (bicyclic) bond motifs is 1. The Kier molecular flexibility index (Phi) is 6.60. The van der Waals surface area contributed by atoms with E-state index in [9.17, 15) is 13.2 Å². The SMILES string of the molecule is CC[C@H](C)[C@H](N=C1NS(=O)(=O)c2ccccc21)C(=O)NCc1ccccc1Cn1cccn1. The minimum absolute atomic E-state index is 0.0749. The zero-order chi connectivity index (χ0) is 23.4. The highest BCUT2D eigenvalue weighted by Gasteiger charge is 2.33. The van der Waals surface area contributed by atoms with Crippen LogP contribution < -0.4 is 10.0 Å². The molecule has 33 heavy (non-hydrogen) atoms. The normalized spacial score (nSPS) is 17.2. The Morgan fingerprint density at radius 2 is 1.85 bits per heavy atom. The highest BCUT2D eigenvalue weighted by atomic mass is 32.2. The molecular formula is C24H27N5O3S. The van der Waals surface area contributed by atoms with Crippen LogP contribution in [0, 0.1) is 5.92 Å². The Balaban J connectivity index is 1.54. The summed E-state index contributed by atoms with van der Waals surface area (Å²) in [5, 5.41) is 7.25. The Bertz CT molecular complexity index is 1270.